The molecule has 42 heavy (non-hydrogen) atoms. The zero-order chi connectivity index (χ0) is 29.1. The highest BCUT2D eigenvalue weighted by atomic mass is 16.5. The van der Waals surface area contributed by atoms with Crippen LogP contribution in [0.2, 0.25) is 0 Å². The summed E-state index contributed by atoms with van der Waals surface area (Å²) in [5.74, 6) is 0. The number of hydrogen-bond donors (Lipinski definition) is 0. The van der Waals surface area contributed by atoms with E-state index in [0.717, 1.165) is 98.2 Å². The molecule has 7 nitrogen and oxygen atoms in total. The molecule has 218 valence electrons. The van der Waals surface area contributed by atoms with Crippen molar-refractivity contribution in [3.63, 3.8) is 0 Å². The molecule has 6 rings (SSSR count). The third-order valence-corrected chi connectivity index (χ3v) is 9.50. The van der Waals surface area contributed by atoms with Crippen LogP contribution in [0, 0.1) is 11.3 Å². The number of nitrogens with zero attached hydrogens (tertiary/aromatic N) is 5. The topological polar surface area (TPSA) is 75.6 Å². The van der Waals surface area contributed by atoms with Gasteiger partial charge in [-0.3, -0.25) is 9.36 Å². The van der Waals surface area contributed by atoms with Crippen molar-refractivity contribution in [3.8, 4) is 17.2 Å². The van der Waals surface area contributed by atoms with Crippen LogP contribution in [0.25, 0.3) is 16.8 Å². The maximum atomic E-state index is 14.4. The second-order valence-corrected chi connectivity index (χ2v) is 12.0. The average molecular weight is 564 g/mol. The number of rotatable bonds is 8. The van der Waals surface area contributed by atoms with E-state index >= 15 is 0 Å². The Labute approximate surface area is 248 Å². The first-order chi connectivity index (χ1) is 20.6. The molecule has 0 bridgehead atoms. The Balaban J connectivity index is 1.29. The largest absolute Gasteiger partial charge is 0.381 e. The van der Waals surface area contributed by atoms with E-state index in [9.17, 15) is 10.1 Å². The molecule has 0 amide bonds. The lowest BCUT2D eigenvalue weighted by Crippen LogP contribution is -2.45. The number of ether oxygens (including phenoxy) is 1. The molecule has 7 heteroatoms. The van der Waals surface area contributed by atoms with Crippen molar-refractivity contribution in [2.45, 2.75) is 82.8 Å². The zero-order valence-corrected chi connectivity index (χ0v) is 24.8. The van der Waals surface area contributed by atoms with Crippen molar-refractivity contribution in [2.75, 3.05) is 20.3 Å². The van der Waals surface area contributed by atoms with Crippen molar-refractivity contribution < 1.29 is 4.74 Å². The fourth-order valence-corrected chi connectivity index (χ4v) is 7.16. The first-order valence-electron chi connectivity index (χ1n) is 15.6. The van der Waals surface area contributed by atoms with Crippen LogP contribution < -0.4 is 5.56 Å². The van der Waals surface area contributed by atoms with Crippen LogP contribution in [0.4, 0.5) is 0 Å². The second-order valence-electron chi connectivity index (χ2n) is 12.0. The molecule has 0 unspecified atom stereocenters. The van der Waals surface area contributed by atoms with Crippen LogP contribution in [0.15, 0.2) is 65.6 Å². The maximum absolute atomic E-state index is 14.4. The highest BCUT2D eigenvalue weighted by molar-refractivity contribution is 5.70. The van der Waals surface area contributed by atoms with Gasteiger partial charge < -0.3 is 9.64 Å². The predicted molar refractivity (Wildman–Crippen MR) is 166 cm³/mol. The minimum Gasteiger partial charge on any atom is -0.381 e. The van der Waals surface area contributed by atoms with Crippen molar-refractivity contribution in [2.24, 2.45) is 0 Å². The number of aromatic nitrogens is 3. The van der Waals surface area contributed by atoms with E-state index in [0.29, 0.717) is 24.1 Å². The van der Waals surface area contributed by atoms with Gasteiger partial charge >= 0.3 is 0 Å². The number of fused-ring (bicyclic) bond motifs is 1. The molecule has 1 aliphatic carbocycles. The molecular weight excluding hydrogens is 522 g/mol. The van der Waals surface area contributed by atoms with E-state index in [1.807, 2.05) is 41.0 Å². The normalized spacial score (nSPS) is 19.8. The van der Waals surface area contributed by atoms with Gasteiger partial charge in [-0.2, -0.15) is 10.4 Å². The molecule has 2 aliphatic rings. The van der Waals surface area contributed by atoms with Crippen LogP contribution in [-0.4, -0.2) is 51.4 Å². The van der Waals surface area contributed by atoms with Gasteiger partial charge in [0.05, 0.1) is 23.5 Å². The van der Waals surface area contributed by atoms with E-state index in [1.165, 1.54) is 0 Å². The Morgan fingerprint density at radius 2 is 1.69 bits per heavy atom. The van der Waals surface area contributed by atoms with E-state index < -0.39 is 0 Å². The summed E-state index contributed by atoms with van der Waals surface area (Å²) in [6, 6.07) is 21.6. The molecule has 0 atom stereocenters. The smallest absolute Gasteiger partial charge is 0.257 e. The molecule has 3 heterocycles. The molecule has 2 aromatic carbocycles. The van der Waals surface area contributed by atoms with Gasteiger partial charge in [-0.15, -0.1) is 0 Å². The standard InChI is InChI=1S/C35H41N5O2/c1-3-6-33-32(23-25-9-11-26(12-10-25)31-8-5-4-7-27(31)24-36)35(41)39(34-17-20-37-40(33)34)30-15-13-28(14-16-30)38(2)29-18-21-42-22-19-29/h4-5,7-12,17,20,28-30H,3,6,13-16,18-19,21-23H2,1-2H3. The molecule has 1 saturated carbocycles. The number of nitriles is 1. The van der Waals surface area contributed by atoms with Gasteiger partial charge in [0.1, 0.15) is 5.65 Å². The first kappa shape index (κ1) is 28.4. The predicted octanol–water partition coefficient (Wildman–Crippen LogP) is 6.17. The Morgan fingerprint density at radius 1 is 0.976 bits per heavy atom. The summed E-state index contributed by atoms with van der Waals surface area (Å²) < 4.78 is 9.68. The summed E-state index contributed by atoms with van der Waals surface area (Å²) in [6.45, 7) is 3.88. The minimum absolute atomic E-state index is 0.131. The molecule has 4 aromatic rings. The van der Waals surface area contributed by atoms with Crippen LogP contribution in [0.3, 0.4) is 0 Å². The van der Waals surface area contributed by atoms with Crippen LogP contribution in [0.1, 0.15) is 80.3 Å². The van der Waals surface area contributed by atoms with E-state index in [1.54, 1.807) is 0 Å². The second kappa shape index (κ2) is 12.6. The average Bonchev–Trinajstić information content (AvgIpc) is 3.53. The van der Waals surface area contributed by atoms with Crippen molar-refractivity contribution in [1.29, 1.82) is 5.26 Å². The third kappa shape index (κ3) is 5.54. The van der Waals surface area contributed by atoms with Gasteiger partial charge in [0.25, 0.3) is 5.56 Å². The van der Waals surface area contributed by atoms with Crippen molar-refractivity contribution >= 4 is 5.65 Å². The fourth-order valence-electron chi connectivity index (χ4n) is 7.16. The summed E-state index contributed by atoms with van der Waals surface area (Å²) in [4.78, 5) is 17.0. The van der Waals surface area contributed by atoms with E-state index in [2.05, 4.69) is 53.8 Å². The van der Waals surface area contributed by atoms with Crippen LogP contribution in [0.5, 0.6) is 0 Å². The monoisotopic (exact) mass is 563 g/mol. The summed E-state index contributed by atoms with van der Waals surface area (Å²) >= 11 is 0. The molecule has 0 spiro atoms. The summed E-state index contributed by atoms with van der Waals surface area (Å²) in [5, 5.41) is 14.3. The molecule has 0 N–H and O–H groups in total. The highest BCUT2D eigenvalue weighted by Crippen LogP contribution is 2.33. The van der Waals surface area contributed by atoms with Gasteiger partial charge in [0.2, 0.25) is 0 Å². The summed E-state index contributed by atoms with van der Waals surface area (Å²) in [7, 11) is 2.28. The number of hydrogen-bond acceptors (Lipinski definition) is 5. The molecular formula is C35H41N5O2. The molecule has 1 aliphatic heterocycles. The van der Waals surface area contributed by atoms with Crippen molar-refractivity contribution in [1.82, 2.24) is 19.1 Å². The summed E-state index contributed by atoms with van der Waals surface area (Å²) in [6.07, 6.45) is 10.6. The highest BCUT2D eigenvalue weighted by Gasteiger charge is 2.31. The Hall–Kier alpha value is -3.73. The minimum atomic E-state index is 0.131. The first-order valence-corrected chi connectivity index (χ1v) is 15.6. The fraction of sp³-hybridized carbons (Fsp3) is 0.457. The van der Waals surface area contributed by atoms with E-state index in [-0.39, 0.29) is 11.6 Å². The number of benzene rings is 2. The van der Waals surface area contributed by atoms with Crippen LogP contribution >= 0.6 is 0 Å². The molecule has 0 radical (unpaired) electrons. The molecule has 1 saturated heterocycles. The van der Waals surface area contributed by atoms with Gasteiger partial charge in [-0.05, 0) is 74.8 Å². The third-order valence-electron chi connectivity index (χ3n) is 9.50. The van der Waals surface area contributed by atoms with Gasteiger partial charge in [0, 0.05) is 49.4 Å². The van der Waals surface area contributed by atoms with Gasteiger partial charge in [-0.25, -0.2) is 4.52 Å². The van der Waals surface area contributed by atoms with E-state index in [4.69, 9.17) is 9.84 Å². The number of aryl methyl sites for hydroxylation is 1. The Bertz CT molecular complexity index is 1620. The van der Waals surface area contributed by atoms with Gasteiger partial charge in [-0.1, -0.05) is 55.8 Å². The maximum Gasteiger partial charge on any atom is 0.257 e. The zero-order valence-electron chi connectivity index (χ0n) is 24.8. The van der Waals surface area contributed by atoms with Crippen molar-refractivity contribution in [3.05, 3.63) is 93.5 Å². The lowest BCUT2D eigenvalue weighted by Gasteiger charge is -2.41. The Morgan fingerprint density at radius 3 is 2.40 bits per heavy atom. The molecule has 2 aromatic heterocycles. The lowest BCUT2D eigenvalue weighted by molar-refractivity contribution is 0.0193. The quantitative estimate of drug-likeness (QED) is 0.256. The Kier molecular flexibility index (Phi) is 8.55. The molecule has 2 fully saturated rings. The SMILES string of the molecule is CCCc1c(Cc2ccc(-c3ccccc3C#N)cc2)c(=O)n(C2CCC(N(C)C3CCOCC3)CC2)c2ccnn12. The summed E-state index contributed by atoms with van der Waals surface area (Å²) in [5.41, 5.74) is 6.59. The lowest BCUT2D eigenvalue weighted by atomic mass is 9.88. The van der Waals surface area contributed by atoms with Crippen LogP contribution in [-0.2, 0) is 17.6 Å². The van der Waals surface area contributed by atoms with Gasteiger partial charge in [0.15, 0.2) is 0 Å².